The molecule has 0 aliphatic carbocycles. The van der Waals surface area contributed by atoms with E-state index in [4.69, 9.17) is 4.42 Å². The first kappa shape index (κ1) is 12.8. The van der Waals surface area contributed by atoms with Gasteiger partial charge < -0.3 is 14.3 Å². The van der Waals surface area contributed by atoms with Gasteiger partial charge in [-0.15, -0.1) is 0 Å². The Morgan fingerprint density at radius 2 is 2.25 bits per heavy atom. The number of methoxy groups -OCH3 is 1. The van der Waals surface area contributed by atoms with Gasteiger partial charge in [0.2, 0.25) is 5.76 Å². The minimum atomic E-state index is -0.634. The van der Waals surface area contributed by atoms with Crippen LogP contribution in [0.1, 0.15) is 55.0 Å². The number of ether oxygens (including phenoxy) is 1. The lowest BCUT2D eigenvalue weighted by Gasteiger charge is -2.06. The quantitative estimate of drug-likeness (QED) is 0.598. The summed E-state index contributed by atoms with van der Waals surface area (Å²) in [5, 5.41) is 9.77. The van der Waals surface area contributed by atoms with Crippen molar-refractivity contribution in [3.63, 3.8) is 0 Å². The number of carbonyl (C=O) groups excluding carboxylic acids is 1. The van der Waals surface area contributed by atoms with Crippen LogP contribution in [0.4, 0.5) is 0 Å². The van der Waals surface area contributed by atoms with E-state index in [0.29, 0.717) is 12.2 Å². The third-order valence-corrected chi connectivity index (χ3v) is 2.42. The molecule has 1 aromatic heterocycles. The summed E-state index contributed by atoms with van der Waals surface area (Å²) in [5.41, 5.74) is 0. The van der Waals surface area contributed by atoms with Crippen LogP contribution in [-0.2, 0) is 4.74 Å². The molecule has 1 aromatic rings. The van der Waals surface area contributed by atoms with Crippen molar-refractivity contribution in [1.29, 1.82) is 0 Å². The molecular weight excluding hydrogens is 208 g/mol. The standard InChI is InChI=1S/C12H18O4/c1-3-4-5-6-9(13)10-7-8-11(16-10)12(14)15-2/h7-9,13H,3-6H2,1-2H3. The van der Waals surface area contributed by atoms with Gasteiger partial charge in [-0.2, -0.15) is 0 Å². The lowest BCUT2D eigenvalue weighted by molar-refractivity contribution is 0.0553. The molecule has 90 valence electrons. The van der Waals surface area contributed by atoms with E-state index >= 15 is 0 Å². The van der Waals surface area contributed by atoms with Crippen LogP contribution in [0.25, 0.3) is 0 Å². The van der Waals surface area contributed by atoms with E-state index in [0.717, 1.165) is 19.3 Å². The summed E-state index contributed by atoms with van der Waals surface area (Å²) in [6, 6.07) is 3.13. The SMILES string of the molecule is CCCCCC(O)c1ccc(C(=O)OC)o1. The van der Waals surface area contributed by atoms with Crippen molar-refractivity contribution in [3.8, 4) is 0 Å². The molecule has 0 bridgehead atoms. The normalized spacial score (nSPS) is 12.4. The number of rotatable bonds is 6. The lowest BCUT2D eigenvalue weighted by Crippen LogP contribution is -1.99. The fraction of sp³-hybridized carbons (Fsp3) is 0.583. The predicted molar refractivity (Wildman–Crippen MR) is 59.1 cm³/mol. The lowest BCUT2D eigenvalue weighted by atomic mass is 10.1. The molecule has 1 heterocycles. The molecule has 1 unspecified atom stereocenters. The molecule has 0 aliphatic heterocycles. The Hall–Kier alpha value is -1.29. The molecule has 0 spiro atoms. The third-order valence-electron chi connectivity index (χ3n) is 2.42. The van der Waals surface area contributed by atoms with Gasteiger partial charge in [-0.1, -0.05) is 26.2 Å². The summed E-state index contributed by atoms with van der Waals surface area (Å²) in [7, 11) is 1.29. The minimum absolute atomic E-state index is 0.132. The van der Waals surface area contributed by atoms with Gasteiger partial charge >= 0.3 is 5.97 Å². The number of unbranched alkanes of at least 4 members (excludes halogenated alkanes) is 2. The first-order chi connectivity index (χ1) is 7.69. The third kappa shape index (κ3) is 3.38. The van der Waals surface area contributed by atoms with E-state index in [1.807, 2.05) is 0 Å². The van der Waals surface area contributed by atoms with Crippen LogP contribution in [-0.4, -0.2) is 18.2 Å². The van der Waals surface area contributed by atoms with Gasteiger partial charge in [0.25, 0.3) is 0 Å². The number of aliphatic hydroxyl groups is 1. The van der Waals surface area contributed by atoms with Crippen LogP contribution >= 0.6 is 0 Å². The first-order valence-electron chi connectivity index (χ1n) is 5.55. The Balaban J connectivity index is 2.52. The Morgan fingerprint density at radius 3 is 2.88 bits per heavy atom. The maximum absolute atomic E-state index is 11.1. The van der Waals surface area contributed by atoms with Crippen LogP contribution in [0.5, 0.6) is 0 Å². The van der Waals surface area contributed by atoms with Crippen LogP contribution in [0.15, 0.2) is 16.5 Å². The van der Waals surface area contributed by atoms with Crippen LogP contribution in [0.3, 0.4) is 0 Å². The molecule has 0 aliphatic rings. The summed E-state index contributed by atoms with van der Waals surface area (Å²) in [5.74, 6) is 0.0375. The van der Waals surface area contributed by atoms with Crippen molar-refractivity contribution in [2.45, 2.75) is 38.7 Å². The van der Waals surface area contributed by atoms with E-state index in [-0.39, 0.29) is 5.76 Å². The van der Waals surface area contributed by atoms with Crippen LogP contribution in [0, 0.1) is 0 Å². The zero-order valence-corrected chi connectivity index (χ0v) is 9.73. The zero-order valence-electron chi connectivity index (χ0n) is 9.73. The van der Waals surface area contributed by atoms with Gasteiger partial charge in [0.15, 0.2) is 0 Å². The summed E-state index contributed by atoms with van der Waals surface area (Å²) >= 11 is 0. The van der Waals surface area contributed by atoms with Crippen molar-refractivity contribution < 1.29 is 19.1 Å². The summed E-state index contributed by atoms with van der Waals surface area (Å²) in [6.45, 7) is 2.11. The van der Waals surface area contributed by atoms with Gasteiger partial charge in [0.1, 0.15) is 11.9 Å². The van der Waals surface area contributed by atoms with Crippen molar-refractivity contribution in [1.82, 2.24) is 0 Å². The van der Waals surface area contributed by atoms with Crippen molar-refractivity contribution in [2.24, 2.45) is 0 Å². The second-order valence-electron chi connectivity index (χ2n) is 3.71. The highest BCUT2D eigenvalue weighted by Crippen LogP contribution is 2.22. The maximum Gasteiger partial charge on any atom is 0.373 e. The second-order valence-corrected chi connectivity index (χ2v) is 3.71. The molecule has 4 nitrogen and oxygen atoms in total. The average Bonchev–Trinajstić information content (AvgIpc) is 2.77. The van der Waals surface area contributed by atoms with Gasteiger partial charge in [0, 0.05) is 0 Å². The number of aliphatic hydroxyl groups excluding tert-OH is 1. The topological polar surface area (TPSA) is 59.7 Å². The van der Waals surface area contributed by atoms with E-state index in [9.17, 15) is 9.90 Å². The highest BCUT2D eigenvalue weighted by Gasteiger charge is 2.16. The largest absolute Gasteiger partial charge is 0.463 e. The average molecular weight is 226 g/mol. The monoisotopic (exact) mass is 226 g/mol. The molecular formula is C12H18O4. The molecule has 0 saturated carbocycles. The molecule has 4 heteroatoms. The van der Waals surface area contributed by atoms with E-state index in [1.165, 1.54) is 13.2 Å². The Kier molecular flexibility index (Phi) is 5.05. The van der Waals surface area contributed by atoms with Crippen molar-refractivity contribution >= 4 is 5.97 Å². The molecule has 16 heavy (non-hydrogen) atoms. The zero-order chi connectivity index (χ0) is 12.0. The molecule has 0 aromatic carbocycles. The van der Waals surface area contributed by atoms with Crippen molar-refractivity contribution in [2.75, 3.05) is 7.11 Å². The predicted octanol–water partition coefficient (Wildman–Crippen LogP) is 2.68. The number of carbonyl (C=O) groups is 1. The molecule has 0 saturated heterocycles. The molecule has 1 atom stereocenters. The number of hydrogen-bond donors (Lipinski definition) is 1. The van der Waals surface area contributed by atoms with Gasteiger partial charge in [0.05, 0.1) is 7.11 Å². The van der Waals surface area contributed by atoms with E-state index < -0.39 is 12.1 Å². The Bertz CT molecular complexity index is 330. The number of esters is 1. The van der Waals surface area contributed by atoms with E-state index in [1.54, 1.807) is 6.07 Å². The molecule has 0 amide bonds. The summed E-state index contributed by atoms with van der Waals surface area (Å²) in [6.07, 6.45) is 3.17. The smallest absolute Gasteiger partial charge is 0.373 e. The van der Waals surface area contributed by atoms with Gasteiger partial charge in [-0.05, 0) is 18.6 Å². The number of furan rings is 1. The first-order valence-corrected chi connectivity index (χ1v) is 5.55. The fourth-order valence-electron chi connectivity index (χ4n) is 1.47. The van der Waals surface area contributed by atoms with Crippen LogP contribution < -0.4 is 0 Å². The maximum atomic E-state index is 11.1. The van der Waals surface area contributed by atoms with Gasteiger partial charge in [-0.3, -0.25) is 0 Å². The Labute approximate surface area is 95.2 Å². The summed E-state index contributed by atoms with van der Waals surface area (Å²) < 4.78 is 9.72. The molecule has 1 N–H and O–H groups in total. The molecule has 0 fully saturated rings. The van der Waals surface area contributed by atoms with Crippen molar-refractivity contribution in [3.05, 3.63) is 23.7 Å². The molecule has 1 rings (SSSR count). The number of hydrogen-bond acceptors (Lipinski definition) is 4. The van der Waals surface area contributed by atoms with Gasteiger partial charge in [-0.25, -0.2) is 4.79 Å². The highest BCUT2D eigenvalue weighted by molar-refractivity contribution is 5.86. The Morgan fingerprint density at radius 1 is 1.50 bits per heavy atom. The van der Waals surface area contributed by atoms with E-state index in [2.05, 4.69) is 11.7 Å². The highest BCUT2D eigenvalue weighted by atomic mass is 16.5. The second kappa shape index (κ2) is 6.33. The minimum Gasteiger partial charge on any atom is -0.463 e. The molecule has 0 radical (unpaired) electrons. The summed E-state index contributed by atoms with van der Waals surface area (Å²) in [4.78, 5) is 11.1. The fourth-order valence-corrected chi connectivity index (χ4v) is 1.47. The van der Waals surface area contributed by atoms with Crippen LogP contribution in [0.2, 0.25) is 0 Å².